The normalized spacial score (nSPS) is 14.0. The van der Waals surface area contributed by atoms with Gasteiger partial charge in [-0.25, -0.2) is 9.18 Å². The average molecular weight is 721 g/mol. The number of rotatable bonds is 13. The van der Waals surface area contributed by atoms with Gasteiger partial charge in [-0.3, -0.25) is 18.4 Å². The molecule has 6 nitrogen and oxygen atoms in total. The Labute approximate surface area is 297 Å². The molecular weight excluding hydrogens is 676 g/mol. The number of carboxylic acid groups (broad SMARTS) is 1. The van der Waals surface area contributed by atoms with Crippen LogP contribution in [0, 0.1) is 12.7 Å². The molecule has 1 unspecified atom stereocenters. The minimum absolute atomic E-state index is 0.00527. The Morgan fingerprint density at radius 2 is 1.33 bits per heavy atom. The molecule has 270 valence electrons. The van der Waals surface area contributed by atoms with E-state index in [1.165, 1.54) is 84.0 Å². The Bertz CT molecular complexity index is 1910. The van der Waals surface area contributed by atoms with Gasteiger partial charge in [0.1, 0.15) is 5.82 Å². The third kappa shape index (κ3) is 9.53. The summed E-state index contributed by atoms with van der Waals surface area (Å²) in [4.78, 5) is 26.6. The monoisotopic (exact) mass is 720 g/mol. The predicted octanol–water partition coefficient (Wildman–Crippen LogP) is 11.2. The number of hydrogen-bond donors (Lipinski definition) is 1. The first kappa shape index (κ1) is 39.5. The van der Waals surface area contributed by atoms with Crippen molar-refractivity contribution < 1.29 is 41.5 Å². The van der Waals surface area contributed by atoms with E-state index in [2.05, 4.69) is 0 Å². The summed E-state index contributed by atoms with van der Waals surface area (Å²) in [5, 5.41) is 9.74. The van der Waals surface area contributed by atoms with E-state index >= 15 is 8.78 Å². The fraction of sp³-hybridized carbons (Fsp3) is 0.317. The molecule has 1 atom stereocenters. The van der Waals surface area contributed by atoms with Crippen LogP contribution in [0.15, 0.2) is 103 Å². The van der Waals surface area contributed by atoms with Gasteiger partial charge in [0.25, 0.3) is 0 Å². The molecular formula is C41H44F3O6P. The molecule has 0 aliphatic heterocycles. The van der Waals surface area contributed by atoms with Crippen molar-refractivity contribution in [2.45, 2.75) is 83.6 Å². The second kappa shape index (κ2) is 15.1. The van der Waals surface area contributed by atoms with Gasteiger partial charge in [0.2, 0.25) is 0 Å². The highest BCUT2D eigenvalue weighted by molar-refractivity contribution is 7.54. The second-order valence-corrected chi connectivity index (χ2v) is 16.5. The Kier molecular flexibility index (Phi) is 11.7. The maximum atomic E-state index is 16.2. The van der Waals surface area contributed by atoms with E-state index in [9.17, 15) is 23.7 Å². The van der Waals surface area contributed by atoms with E-state index in [1.54, 1.807) is 19.1 Å². The van der Waals surface area contributed by atoms with Crippen LogP contribution in [0.1, 0.15) is 96.5 Å². The summed E-state index contributed by atoms with van der Waals surface area (Å²) in [6, 6.07) is 24.4. The van der Waals surface area contributed by atoms with E-state index in [0.717, 1.165) is 17.7 Å². The lowest BCUT2D eigenvalue weighted by molar-refractivity contribution is -0.0213. The summed E-state index contributed by atoms with van der Waals surface area (Å²) in [5.41, 5.74) is -5.89. The first-order chi connectivity index (χ1) is 23.7. The maximum Gasteiger partial charge on any atom is 0.405 e. The summed E-state index contributed by atoms with van der Waals surface area (Å²) < 4.78 is 71.2. The standard InChI is InChI=1S/C41H44F3O6P/c1-28-26-33(21-24-35(28)37(46)47)40(25-11-14-29-12-9-8-10-13-29,36(45)31-17-22-34(42)23-18-31)27-30-15-19-32(20-16-30)41(43,44)51(48,49-38(2,3)4)50-39(5,6)7/h8-24,26H,25,27H2,1-7H3,(H,46,47). The number of aryl methyl sites for hydroxylation is 1. The maximum absolute atomic E-state index is 16.2. The largest absolute Gasteiger partial charge is 0.478 e. The van der Waals surface area contributed by atoms with E-state index in [4.69, 9.17) is 9.05 Å². The van der Waals surface area contributed by atoms with Crippen molar-refractivity contribution >= 4 is 25.4 Å². The van der Waals surface area contributed by atoms with E-state index in [-0.39, 0.29) is 29.8 Å². The molecule has 0 radical (unpaired) electrons. The number of benzene rings is 4. The lowest BCUT2D eigenvalue weighted by Crippen LogP contribution is -2.38. The molecule has 4 aromatic carbocycles. The number of carbonyl (C=O) groups is 2. The quantitative estimate of drug-likeness (QED) is 0.109. The van der Waals surface area contributed by atoms with Gasteiger partial charge < -0.3 is 5.11 Å². The molecule has 0 bridgehead atoms. The molecule has 0 aliphatic rings. The summed E-state index contributed by atoms with van der Waals surface area (Å²) in [6.45, 7) is 10.7. The minimum Gasteiger partial charge on any atom is -0.478 e. The first-order valence-electron chi connectivity index (χ1n) is 16.5. The van der Waals surface area contributed by atoms with Gasteiger partial charge in [-0.1, -0.05) is 78.9 Å². The number of carboxylic acids is 1. The van der Waals surface area contributed by atoms with Crippen molar-refractivity contribution in [2.75, 3.05) is 0 Å². The molecule has 0 heterocycles. The molecule has 51 heavy (non-hydrogen) atoms. The van der Waals surface area contributed by atoms with Crippen LogP contribution < -0.4 is 0 Å². The summed E-state index contributed by atoms with van der Waals surface area (Å²) >= 11 is 0. The number of carbonyl (C=O) groups excluding carboxylic acids is 1. The van der Waals surface area contributed by atoms with Gasteiger partial charge >= 0.3 is 19.2 Å². The van der Waals surface area contributed by atoms with Crippen molar-refractivity contribution in [1.29, 1.82) is 0 Å². The van der Waals surface area contributed by atoms with Crippen LogP contribution in [0.3, 0.4) is 0 Å². The zero-order valence-electron chi connectivity index (χ0n) is 29.9. The number of Topliss-reactive ketones (excluding diaryl/α,β-unsaturated/α-hetero) is 1. The summed E-state index contributed by atoms with van der Waals surface area (Å²) in [7, 11) is -5.09. The zero-order chi connectivity index (χ0) is 37.8. The highest BCUT2D eigenvalue weighted by atomic mass is 31.2. The molecule has 4 rings (SSSR count). The smallest absolute Gasteiger partial charge is 0.405 e. The topological polar surface area (TPSA) is 89.9 Å². The van der Waals surface area contributed by atoms with Gasteiger partial charge in [0, 0.05) is 11.1 Å². The highest BCUT2D eigenvalue weighted by Gasteiger charge is 2.58. The van der Waals surface area contributed by atoms with Crippen LogP contribution in [-0.2, 0) is 31.1 Å². The molecule has 0 saturated heterocycles. The highest BCUT2D eigenvalue weighted by Crippen LogP contribution is 2.69. The van der Waals surface area contributed by atoms with Gasteiger partial charge in [-0.15, -0.1) is 0 Å². The molecule has 0 aromatic heterocycles. The van der Waals surface area contributed by atoms with Crippen LogP contribution in [0.5, 0.6) is 0 Å². The van der Waals surface area contributed by atoms with Gasteiger partial charge in [0.05, 0.1) is 22.2 Å². The van der Waals surface area contributed by atoms with Gasteiger partial charge in [0.15, 0.2) is 5.78 Å². The Morgan fingerprint density at radius 3 is 1.84 bits per heavy atom. The summed E-state index contributed by atoms with van der Waals surface area (Å²) in [6.07, 6.45) is 3.81. The number of aromatic carboxylic acids is 1. The first-order valence-corrected chi connectivity index (χ1v) is 18.1. The number of ketones is 1. The third-order valence-corrected chi connectivity index (χ3v) is 10.6. The molecule has 0 aliphatic carbocycles. The molecule has 1 N–H and O–H groups in total. The zero-order valence-corrected chi connectivity index (χ0v) is 30.8. The summed E-state index contributed by atoms with van der Waals surface area (Å²) in [5.74, 6) is -2.03. The molecule has 4 aromatic rings. The fourth-order valence-electron chi connectivity index (χ4n) is 5.82. The number of hydrogen-bond acceptors (Lipinski definition) is 5. The number of alkyl halides is 2. The van der Waals surface area contributed by atoms with Crippen LogP contribution in [0.4, 0.5) is 13.2 Å². The number of allylic oxidation sites excluding steroid dienone is 1. The average Bonchev–Trinajstić information content (AvgIpc) is 3.03. The predicted molar refractivity (Wildman–Crippen MR) is 194 cm³/mol. The third-order valence-electron chi connectivity index (χ3n) is 8.07. The van der Waals surface area contributed by atoms with Crippen LogP contribution in [0.25, 0.3) is 6.08 Å². The van der Waals surface area contributed by atoms with E-state index < -0.39 is 47.2 Å². The van der Waals surface area contributed by atoms with Crippen molar-refractivity contribution in [3.8, 4) is 0 Å². The van der Waals surface area contributed by atoms with Crippen molar-refractivity contribution in [3.05, 3.63) is 148 Å². The Balaban J connectivity index is 1.87. The van der Waals surface area contributed by atoms with Crippen LogP contribution in [-0.4, -0.2) is 28.1 Å². The van der Waals surface area contributed by atoms with Crippen LogP contribution >= 0.6 is 7.60 Å². The lowest BCUT2D eigenvalue weighted by atomic mass is 9.67. The van der Waals surface area contributed by atoms with Crippen molar-refractivity contribution in [2.24, 2.45) is 0 Å². The molecule has 0 amide bonds. The number of halogens is 3. The SMILES string of the molecule is Cc1cc(C(CC=Cc2ccccc2)(Cc2ccc(C(F)(F)P(=O)(OC(C)(C)C)OC(C)(C)C)cc2)C(=O)c2ccc(F)cc2)ccc1C(=O)O. The van der Waals surface area contributed by atoms with Gasteiger partial charge in [-0.2, -0.15) is 8.78 Å². The molecule has 0 fully saturated rings. The minimum atomic E-state index is -5.09. The second-order valence-electron chi connectivity index (χ2n) is 14.6. The van der Waals surface area contributed by atoms with E-state index in [1.807, 2.05) is 42.5 Å². The van der Waals surface area contributed by atoms with Crippen LogP contribution in [0.2, 0.25) is 0 Å². The Hall–Kier alpha value is -4.30. The molecule has 0 spiro atoms. The molecule has 0 saturated carbocycles. The Morgan fingerprint density at radius 1 is 0.784 bits per heavy atom. The molecule has 10 heteroatoms. The van der Waals surface area contributed by atoms with Gasteiger partial charge in [-0.05, 0) is 114 Å². The fourth-order valence-corrected chi connectivity index (χ4v) is 7.99. The van der Waals surface area contributed by atoms with E-state index in [0.29, 0.717) is 16.7 Å². The van der Waals surface area contributed by atoms with Crippen molar-refractivity contribution in [1.82, 2.24) is 0 Å². The lowest BCUT2D eigenvalue weighted by Gasteiger charge is -2.36. The van der Waals surface area contributed by atoms with Crippen molar-refractivity contribution in [3.63, 3.8) is 0 Å².